The first-order valence-electron chi connectivity index (χ1n) is 6.37. The fourth-order valence-corrected chi connectivity index (χ4v) is 3.37. The number of halogens is 1. The summed E-state index contributed by atoms with van der Waals surface area (Å²) in [4.78, 5) is 20.3. The Balaban J connectivity index is 1.84. The molecule has 2 atom stereocenters. The van der Waals surface area contributed by atoms with E-state index in [0.717, 1.165) is 12.8 Å². The highest BCUT2D eigenvalue weighted by Crippen LogP contribution is 2.31. The molecule has 0 aromatic carbocycles. The standard InChI is InChI=1S/C12H17ClN4O/c1-17(11-10(13)12(18)15-6-14-11)9-4-7-2-3-8(5-9)16-7/h6-9,16H,2-5H2,1H3,(H,14,15,18). The van der Waals surface area contributed by atoms with Gasteiger partial charge >= 0.3 is 0 Å². The lowest BCUT2D eigenvalue weighted by atomic mass is 9.98. The smallest absolute Gasteiger partial charge is 0.271 e. The second kappa shape index (κ2) is 4.55. The van der Waals surface area contributed by atoms with E-state index in [1.54, 1.807) is 0 Å². The Hall–Kier alpha value is -1.07. The van der Waals surface area contributed by atoms with E-state index in [-0.39, 0.29) is 10.6 Å². The SMILES string of the molecule is CN(c1nc[nH]c(=O)c1Cl)C1CC2CCC(C1)N2. The van der Waals surface area contributed by atoms with Crippen LogP contribution in [0, 0.1) is 0 Å². The van der Waals surface area contributed by atoms with E-state index in [2.05, 4.69) is 20.2 Å². The fourth-order valence-electron chi connectivity index (χ4n) is 3.14. The maximum atomic E-state index is 11.5. The van der Waals surface area contributed by atoms with Gasteiger partial charge in [-0.05, 0) is 25.7 Å². The predicted octanol–water partition coefficient (Wildman–Crippen LogP) is 1.14. The zero-order valence-electron chi connectivity index (χ0n) is 10.3. The molecule has 18 heavy (non-hydrogen) atoms. The Morgan fingerprint density at radius 2 is 2.06 bits per heavy atom. The number of rotatable bonds is 2. The molecular formula is C12H17ClN4O. The van der Waals surface area contributed by atoms with Crippen molar-refractivity contribution in [2.45, 2.75) is 43.8 Å². The van der Waals surface area contributed by atoms with Gasteiger partial charge in [-0.25, -0.2) is 4.98 Å². The van der Waals surface area contributed by atoms with Gasteiger partial charge < -0.3 is 15.2 Å². The second-order valence-electron chi connectivity index (χ2n) is 5.24. The Morgan fingerprint density at radius 3 is 2.72 bits per heavy atom. The summed E-state index contributed by atoms with van der Waals surface area (Å²) in [6.07, 6.45) is 6.11. The molecule has 2 saturated heterocycles. The summed E-state index contributed by atoms with van der Waals surface area (Å²) in [5, 5.41) is 3.79. The highest BCUT2D eigenvalue weighted by atomic mass is 35.5. The minimum absolute atomic E-state index is 0.186. The van der Waals surface area contributed by atoms with E-state index in [0.29, 0.717) is 23.9 Å². The van der Waals surface area contributed by atoms with Crippen molar-refractivity contribution in [2.24, 2.45) is 0 Å². The minimum atomic E-state index is -0.273. The van der Waals surface area contributed by atoms with Crippen molar-refractivity contribution in [1.82, 2.24) is 15.3 Å². The van der Waals surface area contributed by atoms with Crippen LogP contribution in [-0.2, 0) is 0 Å². The molecule has 2 fully saturated rings. The van der Waals surface area contributed by atoms with Crippen molar-refractivity contribution in [3.8, 4) is 0 Å². The van der Waals surface area contributed by atoms with Crippen molar-refractivity contribution in [3.05, 3.63) is 21.7 Å². The van der Waals surface area contributed by atoms with Crippen molar-refractivity contribution >= 4 is 17.4 Å². The number of hydrogen-bond donors (Lipinski definition) is 2. The average molecular weight is 269 g/mol. The Morgan fingerprint density at radius 1 is 1.39 bits per heavy atom. The normalized spacial score (nSPS) is 30.4. The van der Waals surface area contributed by atoms with E-state index >= 15 is 0 Å². The van der Waals surface area contributed by atoms with Gasteiger partial charge in [0.25, 0.3) is 5.56 Å². The van der Waals surface area contributed by atoms with E-state index in [9.17, 15) is 4.79 Å². The topological polar surface area (TPSA) is 61.0 Å². The van der Waals surface area contributed by atoms with Gasteiger partial charge in [-0.1, -0.05) is 11.6 Å². The molecule has 5 nitrogen and oxygen atoms in total. The largest absolute Gasteiger partial charge is 0.355 e. The quantitative estimate of drug-likeness (QED) is 0.845. The molecule has 0 saturated carbocycles. The number of piperidine rings is 1. The number of fused-ring (bicyclic) bond motifs is 2. The molecule has 0 spiro atoms. The summed E-state index contributed by atoms with van der Waals surface area (Å²) in [5.74, 6) is 0.590. The molecule has 1 aromatic heterocycles. The van der Waals surface area contributed by atoms with Gasteiger partial charge in [-0.15, -0.1) is 0 Å². The number of H-pyrrole nitrogens is 1. The summed E-state index contributed by atoms with van der Waals surface area (Å²) in [7, 11) is 1.98. The van der Waals surface area contributed by atoms with Crippen molar-refractivity contribution in [1.29, 1.82) is 0 Å². The van der Waals surface area contributed by atoms with Crippen LogP contribution in [0.25, 0.3) is 0 Å². The van der Waals surface area contributed by atoms with Gasteiger partial charge in [0, 0.05) is 25.2 Å². The van der Waals surface area contributed by atoms with Crippen LogP contribution in [-0.4, -0.2) is 35.1 Å². The van der Waals surface area contributed by atoms with E-state index in [4.69, 9.17) is 11.6 Å². The monoisotopic (exact) mass is 268 g/mol. The molecule has 2 bridgehead atoms. The van der Waals surface area contributed by atoms with Gasteiger partial charge in [0.2, 0.25) is 0 Å². The third-order valence-electron chi connectivity index (χ3n) is 4.11. The first kappa shape index (κ1) is 12.0. The number of hydrogen-bond acceptors (Lipinski definition) is 4. The predicted molar refractivity (Wildman–Crippen MR) is 71.2 cm³/mol. The van der Waals surface area contributed by atoms with Crippen molar-refractivity contribution in [2.75, 3.05) is 11.9 Å². The number of nitrogens with zero attached hydrogens (tertiary/aromatic N) is 2. The molecule has 2 N–H and O–H groups in total. The van der Waals surface area contributed by atoms with Gasteiger partial charge in [0.05, 0.1) is 6.33 Å². The third-order valence-corrected chi connectivity index (χ3v) is 4.45. The van der Waals surface area contributed by atoms with Gasteiger partial charge in [0.1, 0.15) is 5.02 Å². The number of anilines is 1. The second-order valence-corrected chi connectivity index (χ2v) is 5.62. The Bertz CT molecular complexity index is 491. The maximum Gasteiger partial charge on any atom is 0.271 e. The van der Waals surface area contributed by atoms with Gasteiger partial charge in [-0.3, -0.25) is 4.79 Å². The molecule has 2 aliphatic heterocycles. The zero-order valence-corrected chi connectivity index (χ0v) is 11.1. The van der Waals surface area contributed by atoms with Crippen LogP contribution in [0.1, 0.15) is 25.7 Å². The summed E-state index contributed by atoms with van der Waals surface area (Å²) in [6, 6.07) is 1.63. The van der Waals surface area contributed by atoms with Gasteiger partial charge in [0.15, 0.2) is 5.82 Å². The summed E-state index contributed by atoms with van der Waals surface area (Å²) < 4.78 is 0. The van der Waals surface area contributed by atoms with Crippen LogP contribution >= 0.6 is 11.6 Å². The Labute approximate surface area is 111 Å². The van der Waals surface area contributed by atoms with E-state index in [1.807, 2.05) is 7.05 Å². The van der Waals surface area contributed by atoms with Gasteiger partial charge in [-0.2, -0.15) is 0 Å². The molecule has 3 rings (SSSR count). The lowest BCUT2D eigenvalue weighted by molar-refractivity contribution is 0.354. The molecule has 3 heterocycles. The minimum Gasteiger partial charge on any atom is -0.355 e. The fraction of sp³-hybridized carbons (Fsp3) is 0.667. The number of aromatic amines is 1. The highest BCUT2D eigenvalue weighted by Gasteiger charge is 2.35. The number of aromatic nitrogens is 2. The van der Waals surface area contributed by atoms with Crippen LogP contribution < -0.4 is 15.8 Å². The van der Waals surface area contributed by atoms with Crippen LogP contribution in [0.3, 0.4) is 0 Å². The molecule has 0 amide bonds. The molecule has 98 valence electrons. The molecular weight excluding hydrogens is 252 g/mol. The van der Waals surface area contributed by atoms with Crippen molar-refractivity contribution in [3.63, 3.8) is 0 Å². The van der Waals surface area contributed by atoms with Crippen molar-refractivity contribution < 1.29 is 0 Å². The molecule has 0 radical (unpaired) electrons. The zero-order chi connectivity index (χ0) is 12.7. The Kier molecular flexibility index (Phi) is 3.03. The third kappa shape index (κ3) is 2.01. The maximum absolute atomic E-state index is 11.5. The number of nitrogens with one attached hydrogen (secondary N) is 2. The van der Waals surface area contributed by atoms with Crippen LogP contribution in [0.5, 0.6) is 0 Å². The lowest BCUT2D eigenvalue weighted by Crippen LogP contribution is -2.47. The van der Waals surface area contributed by atoms with Crippen LogP contribution in [0.4, 0.5) is 5.82 Å². The molecule has 2 unspecified atom stereocenters. The van der Waals surface area contributed by atoms with E-state index < -0.39 is 0 Å². The van der Waals surface area contributed by atoms with E-state index in [1.165, 1.54) is 19.2 Å². The highest BCUT2D eigenvalue weighted by molar-refractivity contribution is 6.32. The van der Waals surface area contributed by atoms with Crippen LogP contribution in [0.15, 0.2) is 11.1 Å². The molecule has 0 aliphatic carbocycles. The average Bonchev–Trinajstić information content (AvgIpc) is 2.71. The van der Waals surface area contributed by atoms with Crippen LogP contribution in [0.2, 0.25) is 5.02 Å². The molecule has 1 aromatic rings. The summed E-state index contributed by atoms with van der Waals surface area (Å²) >= 11 is 6.03. The first-order valence-corrected chi connectivity index (χ1v) is 6.75. The first-order chi connectivity index (χ1) is 8.65. The lowest BCUT2D eigenvalue weighted by Gasteiger charge is -2.36. The summed E-state index contributed by atoms with van der Waals surface area (Å²) in [6.45, 7) is 0. The molecule has 2 aliphatic rings. The summed E-state index contributed by atoms with van der Waals surface area (Å²) in [5.41, 5.74) is -0.273. The molecule has 6 heteroatoms.